The Morgan fingerprint density at radius 1 is 1.25 bits per heavy atom. The van der Waals surface area contributed by atoms with Gasteiger partial charge in [0.15, 0.2) is 0 Å². The van der Waals surface area contributed by atoms with Crippen molar-refractivity contribution in [3.63, 3.8) is 0 Å². The first-order valence-electron chi connectivity index (χ1n) is 3.47. The Labute approximate surface area is 55.2 Å². The summed E-state index contributed by atoms with van der Waals surface area (Å²) in [6, 6.07) is 0. The molecule has 2 rings (SSSR count). The average Bonchev–Trinajstić information content (AvgIpc) is 2.21. The van der Waals surface area contributed by atoms with Crippen molar-refractivity contribution in [2.24, 2.45) is 5.92 Å². The Hall–Kier alpha value is 0.290. The molecule has 0 spiro atoms. The molecule has 2 fully saturated rings. The Balaban J connectivity index is 2.19. The third kappa shape index (κ3) is 0.589. The molecule has 0 aromatic heterocycles. The first kappa shape index (κ1) is 5.10. The minimum atomic E-state index is 0.282. The zero-order valence-corrected chi connectivity index (χ0v) is 5.75. The molecule has 0 atom stereocenters. The fourth-order valence-corrected chi connectivity index (χ4v) is 2.56. The van der Waals surface area contributed by atoms with Gasteiger partial charge in [0.25, 0.3) is 0 Å². The maximum absolute atomic E-state index is 6.20. The summed E-state index contributed by atoms with van der Waals surface area (Å²) >= 11 is 6.20. The summed E-state index contributed by atoms with van der Waals surface area (Å²) in [6.07, 6.45) is 6.71. The van der Waals surface area contributed by atoms with E-state index < -0.39 is 0 Å². The molecule has 2 aliphatic carbocycles. The zero-order valence-electron chi connectivity index (χ0n) is 4.99. The van der Waals surface area contributed by atoms with Gasteiger partial charge in [0.2, 0.25) is 0 Å². The fraction of sp³-hybridized carbons (Fsp3) is 1.00. The van der Waals surface area contributed by atoms with Gasteiger partial charge in [-0.15, -0.1) is 11.6 Å². The van der Waals surface area contributed by atoms with Gasteiger partial charge in [0.05, 0.1) is 0 Å². The second-order valence-corrected chi connectivity index (χ2v) is 4.10. The van der Waals surface area contributed by atoms with Gasteiger partial charge in [-0.05, 0) is 38.0 Å². The van der Waals surface area contributed by atoms with Gasteiger partial charge in [-0.3, -0.25) is 0 Å². The van der Waals surface area contributed by atoms with Crippen LogP contribution < -0.4 is 0 Å². The maximum atomic E-state index is 6.20. The Bertz CT molecular complexity index is 101. The standard InChI is InChI=1S/C7H11Cl/c8-7-3-1-6(5-7)2-4-7/h6H,1-5H2. The van der Waals surface area contributed by atoms with Gasteiger partial charge in [0, 0.05) is 4.87 Å². The molecule has 2 bridgehead atoms. The molecule has 1 heteroatoms. The van der Waals surface area contributed by atoms with Gasteiger partial charge in [-0.25, -0.2) is 0 Å². The predicted molar refractivity (Wildman–Crippen MR) is 35.2 cm³/mol. The van der Waals surface area contributed by atoms with Crippen LogP contribution in [-0.2, 0) is 0 Å². The molecule has 0 heterocycles. The summed E-state index contributed by atoms with van der Waals surface area (Å²) < 4.78 is 0. The number of fused-ring (bicyclic) bond motifs is 2. The van der Waals surface area contributed by atoms with Crippen LogP contribution in [0.3, 0.4) is 0 Å². The second-order valence-electron chi connectivity index (χ2n) is 3.30. The number of hydrogen-bond donors (Lipinski definition) is 0. The lowest BCUT2D eigenvalue weighted by Crippen LogP contribution is -2.11. The van der Waals surface area contributed by atoms with E-state index in [0.29, 0.717) is 0 Å². The van der Waals surface area contributed by atoms with Gasteiger partial charge in [0.1, 0.15) is 0 Å². The Morgan fingerprint density at radius 2 is 1.88 bits per heavy atom. The zero-order chi connectivity index (χ0) is 5.61. The van der Waals surface area contributed by atoms with Crippen LogP contribution in [0.1, 0.15) is 32.1 Å². The summed E-state index contributed by atoms with van der Waals surface area (Å²) in [5.74, 6) is 1.01. The van der Waals surface area contributed by atoms with Gasteiger partial charge in [-0.2, -0.15) is 0 Å². The Kier molecular flexibility index (Phi) is 0.901. The first-order valence-corrected chi connectivity index (χ1v) is 3.85. The van der Waals surface area contributed by atoms with Gasteiger partial charge < -0.3 is 0 Å². The van der Waals surface area contributed by atoms with E-state index in [-0.39, 0.29) is 4.87 Å². The molecular weight excluding hydrogens is 120 g/mol. The topological polar surface area (TPSA) is 0 Å². The van der Waals surface area contributed by atoms with E-state index in [1.807, 2.05) is 0 Å². The van der Waals surface area contributed by atoms with Crippen LogP contribution in [0.25, 0.3) is 0 Å². The van der Waals surface area contributed by atoms with Crippen molar-refractivity contribution in [2.75, 3.05) is 0 Å². The largest absolute Gasteiger partial charge is 0.119 e. The smallest absolute Gasteiger partial charge is 0.0449 e. The molecule has 0 N–H and O–H groups in total. The van der Waals surface area contributed by atoms with Crippen LogP contribution in [0.2, 0.25) is 0 Å². The summed E-state index contributed by atoms with van der Waals surface area (Å²) in [4.78, 5) is 0.282. The van der Waals surface area contributed by atoms with Crippen LogP contribution in [0.15, 0.2) is 0 Å². The normalized spacial score (nSPS) is 52.9. The lowest BCUT2D eigenvalue weighted by molar-refractivity contribution is 0.496. The van der Waals surface area contributed by atoms with Crippen LogP contribution in [0, 0.1) is 5.92 Å². The summed E-state index contributed by atoms with van der Waals surface area (Å²) in [7, 11) is 0. The number of halogens is 1. The predicted octanol–water partition coefficient (Wildman–Crippen LogP) is 2.56. The summed E-state index contributed by atoms with van der Waals surface area (Å²) in [5, 5.41) is 0. The summed E-state index contributed by atoms with van der Waals surface area (Å²) in [6.45, 7) is 0. The molecule has 0 unspecified atom stereocenters. The molecule has 0 aliphatic heterocycles. The van der Waals surface area contributed by atoms with Gasteiger partial charge in [-0.1, -0.05) is 0 Å². The highest BCUT2D eigenvalue weighted by Gasteiger charge is 2.42. The minimum Gasteiger partial charge on any atom is -0.119 e. The maximum Gasteiger partial charge on any atom is 0.0449 e. The molecule has 2 aliphatic rings. The van der Waals surface area contributed by atoms with Crippen molar-refractivity contribution >= 4 is 11.6 Å². The van der Waals surface area contributed by atoms with Crippen molar-refractivity contribution in [2.45, 2.75) is 37.0 Å². The quantitative estimate of drug-likeness (QED) is 0.442. The molecule has 2 saturated carbocycles. The first-order chi connectivity index (χ1) is 3.79. The molecular formula is C7H11Cl. The lowest BCUT2D eigenvalue weighted by atomic mass is 10.0. The van der Waals surface area contributed by atoms with E-state index in [2.05, 4.69) is 0 Å². The third-order valence-electron chi connectivity index (χ3n) is 2.66. The van der Waals surface area contributed by atoms with E-state index in [9.17, 15) is 0 Å². The molecule has 0 nitrogen and oxygen atoms in total. The molecule has 8 heavy (non-hydrogen) atoms. The minimum absolute atomic E-state index is 0.282. The average molecular weight is 131 g/mol. The molecule has 46 valence electrons. The van der Waals surface area contributed by atoms with Crippen molar-refractivity contribution < 1.29 is 0 Å². The fourth-order valence-electron chi connectivity index (χ4n) is 2.12. The van der Waals surface area contributed by atoms with E-state index >= 15 is 0 Å². The number of alkyl halides is 1. The van der Waals surface area contributed by atoms with Crippen molar-refractivity contribution in [1.29, 1.82) is 0 Å². The SMILES string of the molecule is ClC12CCC(CC1)C2. The molecule has 0 aromatic rings. The van der Waals surface area contributed by atoms with Crippen molar-refractivity contribution in [1.82, 2.24) is 0 Å². The molecule has 0 saturated heterocycles. The van der Waals surface area contributed by atoms with Crippen LogP contribution >= 0.6 is 11.6 Å². The van der Waals surface area contributed by atoms with E-state index in [1.54, 1.807) is 0 Å². The summed E-state index contributed by atoms with van der Waals surface area (Å²) in [5.41, 5.74) is 0. The van der Waals surface area contributed by atoms with Crippen LogP contribution in [0.5, 0.6) is 0 Å². The van der Waals surface area contributed by atoms with E-state index in [4.69, 9.17) is 11.6 Å². The number of hydrogen-bond acceptors (Lipinski definition) is 0. The monoisotopic (exact) mass is 130 g/mol. The van der Waals surface area contributed by atoms with Gasteiger partial charge >= 0.3 is 0 Å². The van der Waals surface area contributed by atoms with E-state index in [0.717, 1.165) is 5.92 Å². The van der Waals surface area contributed by atoms with Crippen molar-refractivity contribution in [3.8, 4) is 0 Å². The Morgan fingerprint density at radius 3 is 2.00 bits per heavy atom. The molecule has 0 amide bonds. The molecule has 0 aromatic carbocycles. The van der Waals surface area contributed by atoms with E-state index in [1.165, 1.54) is 32.1 Å². The van der Waals surface area contributed by atoms with Crippen molar-refractivity contribution in [3.05, 3.63) is 0 Å². The third-order valence-corrected chi connectivity index (χ3v) is 3.19. The molecule has 0 radical (unpaired) electrons. The highest BCUT2D eigenvalue weighted by molar-refractivity contribution is 6.24. The number of rotatable bonds is 0. The second kappa shape index (κ2) is 1.41. The highest BCUT2D eigenvalue weighted by Crippen LogP contribution is 2.51. The van der Waals surface area contributed by atoms with Crippen LogP contribution in [0.4, 0.5) is 0 Å². The van der Waals surface area contributed by atoms with Crippen LogP contribution in [-0.4, -0.2) is 4.87 Å². The highest BCUT2D eigenvalue weighted by atomic mass is 35.5. The lowest BCUT2D eigenvalue weighted by Gasteiger charge is -2.15.